The molecule has 2 fully saturated rings. The molecule has 2 aliphatic heterocycles. The first-order valence-electron chi connectivity index (χ1n) is 17.6. The number of hydrogen-bond acceptors (Lipinski definition) is 11. The van der Waals surface area contributed by atoms with Crippen LogP contribution in [0.3, 0.4) is 0 Å². The van der Waals surface area contributed by atoms with Gasteiger partial charge in [0.15, 0.2) is 5.96 Å². The third kappa shape index (κ3) is 13.8. The number of nitrogens with two attached hydrogens (primary N) is 3. The lowest BCUT2D eigenvalue weighted by molar-refractivity contribution is -0.143. The Morgan fingerprint density at radius 2 is 1.35 bits per heavy atom. The smallest absolute Gasteiger partial charge is 0.322 e. The van der Waals surface area contributed by atoms with Gasteiger partial charge in [-0.3, -0.25) is 48.1 Å². The molecule has 0 saturated carbocycles. The number of carboxylic acids is 2. The molecule has 0 spiro atoms. The standard InChI is InChI=1S/C32H53N11O11/c1-16(2)25(29(52)39-17(3)30(53)42-11-5-8-20(42)27(50)38-14-22(44)37-15-24(47)48)41-28(51)21-9-6-12-43(21)31(54)19(7-4-10-36-32(34)35)40-26(49)18(33)13-23(45)46/h16-21,25H,4-15,33H2,1-3H3,(H,37,44)(H,38,50)(H,39,52)(H,40,49)(H,41,51)(H,45,46)(H,47,48)(H4,34,35,36)/t17-,18-,19-,20-,21-,25-/m0/s1. The Hall–Kier alpha value is -5.54. The number of nitrogens with one attached hydrogen (secondary N) is 5. The van der Waals surface area contributed by atoms with Gasteiger partial charge < -0.3 is 63.8 Å². The van der Waals surface area contributed by atoms with Crippen molar-refractivity contribution in [3.05, 3.63) is 0 Å². The van der Waals surface area contributed by atoms with Crippen molar-refractivity contribution in [2.24, 2.45) is 28.1 Å². The van der Waals surface area contributed by atoms with Crippen LogP contribution in [0, 0.1) is 5.92 Å². The monoisotopic (exact) mass is 767 g/mol. The number of guanidine groups is 1. The fourth-order valence-electron chi connectivity index (χ4n) is 6.05. The Morgan fingerprint density at radius 3 is 1.91 bits per heavy atom. The van der Waals surface area contributed by atoms with Crippen LogP contribution in [0.2, 0.25) is 0 Å². The van der Waals surface area contributed by atoms with Gasteiger partial charge in [0.05, 0.1) is 19.0 Å². The second kappa shape index (κ2) is 21.2. The zero-order valence-electron chi connectivity index (χ0n) is 30.7. The first-order chi connectivity index (χ1) is 25.3. The molecule has 7 amide bonds. The van der Waals surface area contributed by atoms with E-state index in [1.54, 1.807) is 13.8 Å². The zero-order valence-corrected chi connectivity index (χ0v) is 30.7. The average molecular weight is 768 g/mol. The highest BCUT2D eigenvalue weighted by molar-refractivity contribution is 5.97. The van der Waals surface area contributed by atoms with Crippen molar-refractivity contribution in [3.63, 3.8) is 0 Å². The summed E-state index contributed by atoms with van der Waals surface area (Å²) in [5, 5.41) is 30.0. The molecule has 22 heteroatoms. The van der Waals surface area contributed by atoms with Gasteiger partial charge in [0.1, 0.15) is 36.8 Å². The summed E-state index contributed by atoms with van der Waals surface area (Å²) in [6.07, 6.45) is 1.05. The molecule has 2 aliphatic rings. The highest BCUT2D eigenvalue weighted by atomic mass is 16.4. The van der Waals surface area contributed by atoms with E-state index in [0.29, 0.717) is 19.3 Å². The van der Waals surface area contributed by atoms with Crippen LogP contribution >= 0.6 is 0 Å². The number of hydrogen-bond donors (Lipinski definition) is 10. The molecule has 2 heterocycles. The van der Waals surface area contributed by atoms with Gasteiger partial charge in [-0.05, 0) is 51.4 Å². The maximum atomic E-state index is 13.8. The largest absolute Gasteiger partial charge is 0.481 e. The molecule has 0 aliphatic carbocycles. The van der Waals surface area contributed by atoms with E-state index >= 15 is 0 Å². The highest BCUT2D eigenvalue weighted by Gasteiger charge is 2.41. The number of carboxylic acid groups (broad SMARTS) is 2. The molecule has 0 unspecified atom stereocenters. The van der Waals surface area contributed by atoms with Crippen molar-refractivity contribution < 1.29 is 53.4 Å². The van der Waals surface area contributed by atoms with Gasteiger partial charge in [-0.2, -0.15) is 0 Å². The fourth-order valence-corrected chi connectivity index (χ4v) is 6.05. The van der Waals surface area contributed by atoms with E-state index in [2.05, 4.69) is 31.6 Å². The zero-order chi connectivity index (χ0) is 40.7. The normalized spacial score (nSPS) is 18.8. The molecule has 2 rings (SSSR count). The van der Waals surface area contributed by atoms with Crippen LogP contribution in [-0.4, -0.2) is 148 Å². The molecular formula is C32H53N11O11. The maximum absolute atomic E-state index is 13.8. The Morgan fingerprint density at radius 1 is 0.759 bits per heavy atom. The molecule has 22 nitrogen and oxygen atoms in total. The van der Waals surface area contributed by atoms with Crippen molar-refractivity contribution >= 4 is 59.2 Å². The third-order valence-corrected chi connectivity index (χ3v) is 8.80. The molecule has 54 heavy (non-hydrogen) atoms. The highest BCUT2D eigenvalue weighted by Crippen LogP contribution is 2.21. The topological polar surface area (TPSA) is 351 Å². The molecule has 0 aromatic rings. The number of likely N-dealkylation sites (tertiary alicyclic amines) is 2. The van der Waals surface area contributed by atoms with E-state index in [-0.39, 0.29) is 44.9 Å². The Balaban J connectivity index is 2.10. The molecule has 0 aromatic heterocycles. The minimum Gasteiger partial charge on any atom is -0.481 e. The molecule has 302 valence electrons. The lowest BCUT2D eigenvalue weighted by Gasteiger charge is -2.31. The number of amides is 7. The summed E-state index contributed by atoms with van der Waals surface area (Å²) in [6, 6.07) is -6.85. The molecule has 0 aromatic carbocycles. The van der Waals surface area contributed by atoms with Crippen molar-refractivity contribution in [2.45, 2.75) is 102 Å². The van der Waals surface area contributed by atoms with Gasteiger partial charge in [-0.25, -0.2) is 0 Å². The summed E-state index contributed by atoms with van der Waals surface area (Å²) in [7, 11) is 0. The van der Waals surface area contributed by atoms with E-state index in [9.17, 15) is 43.2 Å². The van der Waals surface area contributed by atoms with Gasteiger partial charge in [0, 0.05) is 19.6 Å². The molecule has 13 N–H and O–H groups in total. The number of carbonyl (C=O) groups is 9. The quantitative estimate of drug-likeness (QED) is 0.0316. The maximum Gasteiger partial charge on any atom is 0.322 e. The van der Waals surface area contributed by atoms with Gasteiger partial charge in [0.25, 0.3) is 0 Å². The third-order valence-electron chi connectivity index (χ3n) is 8.80. The molecule has 6 atom stereocenters. The van der Waals surface area contributed by atoms with Crippen molar-refractivity contribution in [2.75, 3.05) is 32.7 Å². The Labute approximate surface area is 311 Å². The summed E-state index contributed by atoms with van der Waals surface area (Å²) < 4.78 is 0. The molecule has 0 radical (unpaired) electrons. The van der Waals surface area contributed by atoms with E-state index in [4.69, 9.17) is 27.4 Å². The second-order valence-corrected chi connectivity index (χ2v) is 13.4. The lowest BCUT2D eigenvalue weighted by atomic mass is 10.0. The number of carbonyl (C=O) groups excluding carboxylic acids is 7. The molecule has 2 saturated heterocycles. The average Bonchev–Trinajstić information content (AvgIpc) is 3.79. The molecular weight excluding hydrogens is 714 g/mol. The summed E-state index contributed by atoms with van der Waals surface area (Å²) >= 11 is 0. The van der Waals surface area contributed by atoms with Crippen LogP contribution in [0.1, 0.15) is 65.7 Å². The summed E-state index contributed by atoms with van der Waals surface area (Å²) in [6.45, 7) is 4.14. The van der Waals surface area contributed by atoms with Crippen LogP contribution < -0.4 is 43.8 Å². The first kappa shape index (κ1) is 44.6. The SMILES string of the molecule is CC(C)[C@H](NC(=O)[C@@H]1CCCN1C(=O)[C@H](CCCN=C(N)N)NC(=O)[C@@H](N)CC(=O)O)C(=O)N[C@@H](C)C(=O)N1CCC[C@H]1C(=O)NCC(=O)NCC(=O)O. The van der Waals surface area contributed by atoms with E-state index < -0.39 is 115 Å². The number of rotatable bonds is 20. The second-order valence-electron chi connectivity index (χ2n) is 13.4. The van der Waals surface area contributed by atoms with Crippen LogP contribution in [0.5, 0.6) is 0 Å². The number of nitrogens with zero attached hydrogens (tertiary/aromatic N) is 3. The molecule has 0 bridgehead atoms. The van der Waals surface area contributed by atoms with Crippen LogP contribution in [0.25, 0.3) is 0 Å². The van der Waals surface area contributed by atoms with Crippen molar-refractivity contribution in [1.82, 2.24) is 36.4 Å². The van der Waals surface area contributed by atoms with Gasteiger partial charge in [0.2, 0.25) is 41.4 Å². The van der Waals surface area contributed by atoms with E-state index in [1.807, 2.05) is 0 Å². The van der Waals surface area contributed by atoms with Gasteiger partial charge in [-0.15, -0.1) is 0 Å². The van der Waals surface area contributed by atoms with Crippen LogP contribution in [-0.2, 0) is 43.2 Å². The van der Waals surface area contributed by atoms with Crippen LogP contribution in [0.15, 0.2) is 4.99 Å². The summed E-state index contributed by atoms with van der Waals surface area (Å²) in [5.74, 6) is -7.97. The first-order valence-corrected chi connectivity index (χ1v) is 17.6. The number of aliphatic carboxylic acids is 2. The Bertz CT molecular complexity index is 1450. The van der Waals surface area contributed by atoms with Gasteiger partial charge in [-0.1, -0.05) is 13.8 Å². The van der Waals surface area contributed by atoms with Gasteiger partial charge >= 0.3 is 11.9 Å². The minimum absolute atomic E-state index is 0.0383. The summed E-state index contributed by atoms with van der Waals surface area (Å²) in [5.41, 5.74) is 16.4. The fraction of sp³-hybridized carbons (Fsp3) is 0.688. The summed E-state index contributed by atoms with van der Waals surface area (Å²) in [4.78, 5) is 120. The van der Waals surface area contributed by atoms with Crippen molar-refractivity contribution in [1.29, 1.82) is 0 Å². The predicted molar refractivity (Wildman–Crippen MR) is 190 cm³/mol. The lowest BCUT2D eigenvalue weighted by Crippen LogP contribution is -2.59. The van der Waals surface area contributed by atoms with E-state index in [0.717, 1.165) is 0 Å². The predicted octanol–water partition coefficient (Wildman–Crippen LogP) is -4.73. The van der Waals surface area contributed by atoms with Crippen molar-refractivity contribution in [3.8, 4) is 0 Å². The van der Waals surface area contributed by atoms with Crippen LogP contribution in [0.4, 0.5) is 0 Å². The Kier molecular flexibility index (Phi) is 17.5. The minimum atomic E-state index is -1.44. The van der Waals surface area contributed by atoms with E-state index in [1.165, 1.54) is 16.7 Å². The number of aliphatic imine (C=N–C) groups is 1.